The second-order valence-corrected chi connectivity index (χ2v) is 7.16. The van der Waals surface area contributed by atoms with E-state index in [9.17, 15) is 0 Å². The van der Waals surface area contributed by atoms with Gasteiger partial charge in [-0.15, -0.1) is 0 Å². The Balaban J connectivity index is 1.97. The molecule has 0 saturated heterocycles. The number of nitrogens with two attached hydrogens (primary N) is 1. The van der Waals surface area contributed by atoms with Crippen molar-refractivity contribution in [3.05, 3.63) is 33.8 Å². The zero-order valence-corrected chi connectivity index (χ0v) is 13.2. The third-order valence-corrected chi connectivity index (χ3v) is 5.63. The van der Waals surface area contributed by atoms with Crippen LogP contribution >= 0.6 is 35.0 Å². The molecule has 1 fully saturated rings. The summed E-state index contributed by atoms with van der Waals surface area (Å²) in [5, 5.41) is 2.18. The van der Waals surface area contributed by atoms with Crippen molar-refractivity contribution in [1.29, 1.82) is 0 Å². The highest BCUT2D eigenvalue weighted by Crippen LogP contribution is 2.33. The van der Waals surface area contributed by atoms with E-state index in [0.717, 1.165) is 21.6 Å². The van der Waals surface area contributed by atoms with Crippen molar-refractivity contribution in [3.8, 4) is 0 Å². The molecular formula is C14H20Cl2N2S. The molecule has 1 aromatic carbocycles. The van der Waals surface area contributed by atoms with E-state index in [1.54, 1.807) is 6.07 Å². The molecule has 106 valence electrons. The van der Waals surface area contributed by atoms with E-state index in [4.69, 9.17) is 29.0 Å². The van der Waals surface area contributed by atoms with Crippen molar-refractivity contribution < 1.29 is 0 Å². The lowest BCUT2D eigenvalue weighted by Gasteiger charge is -2.24. The Kier molecular flexibility index (Phi) is 6.30. The SMILES string of the molecule is NNC(CSC1CCCCC1)c1cc(Cl)ccc1Cl. The van der Waals surface area contributed by atoms with Gasteiger partial charge in [0, 0.05) is 21.0 Å². The fourth-order valence-corrected chi connectivity index (χ4v) is 4.31. The molecule has 3 N–H and O–H groups in total. The van der Waals surface area contributed by atoms with E-state index in [0.29, 0.717) is 5.02 Å². The van der Waals surface area contributed by atoms with E-state index in [-0.39, 0.29) is 6.04 Å². The predicted octanol–water partition coefficient (Wildman–Crippen LogP) is 4.56. The van der Waals surface area contributed by atoms with Gasteiger partial charge < -0.3 is 0 Å². The molecule has 5 heteroatoms. The summed E-state index contributed by atoms with van der Waals surface area (Å²) in [6.45, 7) is 0. The lowest BCUT2D eigenvalue weighted by atomic mass is 10.0. The van der Waals surface area contributed by atoms with Crippen molar-refractivity contribution in [1.82, 2.24) is 5.43 Å². The molecule has 2 nitrogen and oxygen atoms in total. The van der Waals surface area contributed by atoms with Crippen molar-refractivity contribution >= 4 is 35.0 Å². The van der Waals surface area contributed by atoms with Gasteiger partial charge in [0.05, 0.1) is 6.04 Å². The number of nitrogens with one attached hydrogen (secondary N) is 1. The Morgan fingerprint density at radius 1 is 1.26 bits per heavy atom. The summed E-state index contributed by atoms with van der Waals surface area (Å²) >= 11 is 14.3. The summed E-state index contributed by atoms with van der Waals surface area (Å²) in [5.41, 5.74) is 3.85. The van der Waals surface area contributed by atoms with E-state index in [1.807, 2.05) is 23.9 Å². The van der Waals surface area contributed by atoms with Crippen LogP contribution in [0.4, 0.5) is 0 Å². The highest BCUT2D eigenvalue weighted by atomic mass is 35.5. The summed E-state index contributed by atoms with van der Waals surface area (Å²) in [5.74, 6) is 6.61. The van der Waals surface area contributed by atoms with Gasteiger partial charge in [-0.25, -0.2) is 0 Å². The Bertz CT molecular complexity index is 408. The second-order valence-electron chi connectivity index (χ2n) is 4.98. The molecule has 0 amide bonds. The first kappa shape index (κ1) is 15.5. The van der Waals surface area contributed by atoms with Gasteiger partial charge in [-0.05, 0) is 36.6 Å². The Morgan fingerprint density at radius 3 is 2.68 bits per heavy atom. The maximum Gasteiger partial charge on any atom is 0.0565 e. The van der Waals surface area contributed by atoms with E-state index >= 15 is 0 Å². The smallest absolute Gasteiger partial charge is 0.0565 e. The summed E-state index contributed by atoms with van der Waals surface area (Å²) in [6, 6.07) is 5.58. The van der Waals surface area contributed by atoms with Crippen LogP contribution < -0.4 is 11.3 Å². The molecule has 1 atom stereocenters. The van der Waals surface area contributed by atoms with Gasteiger partial charge in [0.25, 0.3) is 0 Å². The summed E-state index contributed by atoms with van der Waals surface area (Å²) < 4.78 is 0. The summed E-state index contributed by atoms with van der Waals surface area (Å²) in [4.78, 5) is 0. The molecule has 1 saturated carbocycles. The monoisotopic (exact) mass is 318 g/mol. The van der Waals surface area contributed by atoms with Gasteiger partial charge >= 0.3 is 0 Å². The Morgan fingerprint density at radius 2 is 2.00 bits per heavy atom. The number of rotatable bonds is 5. The zero-order chi connectivity index (χ0) is 13.7. The maximum absolute atomic E-state index is 6.23. The van der Waals surface area contributed by atoms with Crippen molar-refractivity contribution in [2.24, 2.45) is 5.84 Å². The van der Waals surface area contributed by atoms with Crippen LogP contribution in [0.5, 0.6) is 0 Å². The number of halogens is 2. The normalized spacial score (nSPS) is 18.5. The lowest BCUT2D eigenvalue weighted by molar-refractivity contribution is 0.514. The van der Waals surface area contributed by atoms with Crippen LogP contribution in [0, 0.1) is 0 Å². The van der Waals surface area contributed by atoms with Crippen LogP contribution in [-0.2, 0) is 0 Å². The molecule has 0 aliphatic heterocycles. The molecule has 1 aliphatic rings. The molecule has 0 bridgehead atoms. The minimum Gasteiger partial charge on any atom is -0.271 e. The first-order valence-electron chi connectivity index (χ1n) is 6.73. The van der Waals surface area contributed by atoms with Crippen LogP contribution in [0.2, 0.25) is 10.0 Å². The highest BCUT2D eigenvalue weighted by molar-refractivity contribution is 7.99. The van der Waals surface area contributed by atoms with E-state index < -0.39 is 0 Å². The van der Waals surface area contributed by atoms with Crippen LogP contribution in [0.15, 0.2) is 18.2 Å². The first-order valence-corrected chi connectivity index (χ1v) is 8.54. The van der Waals surface area contributed by atoms with Crippen LogP contribution in [0.3, 0.4) is 0 Å². The van der Waals surface area contributed by atoms with Crippen molar-refractivity contribution in [3.63, 3.8) is 0 Å². The molecular weight excluding hydrogens is 299 g/mol. The number of hydrogen-bond donors (Lipinski definition) is 2. The predicted molar refractivity (Wildman–Crippen MR) is 85.9 cm³/mol. The average Bonchev–Trinajstić information content (AvgIpc) is 2.44. The van der Waals surface area contributed by atoms with Gasteiger partial charge in [0.2, 0.25) is 0 Å². The van der Waals surface area contributed by atoms with Gasteiger partial charge in [-0.3, -0.25) is 11.3 Å². The molecule has 1 unspecified atom stereocenters. The van der Waals surface area contributed by atoms with Gasteiger partial charge in [-0.1, -0.05) is 42.5 Å². The third-order valence-electron chi connectivity index (χ3n) is 3.59. The van der Waals surface area contributed by atoms with Gasteiger partial charge in [0.15, 0.2) is 0 Å². The van der Waals surface area contributed by atoms with Crippen molar-refractivity contribution in [2.45, 2.75) is 43.4 Å². The maximum atomic E-state index is 6.23. The Hall–Kier alpha value is 0.0700. The van der Waals surface area contributed by atoms with Crippen LogP contribution in [0.25, 0.3) is 0 Å². The molecule has 0 spiro atoms. The topological polar surface area (TPSA) is 38.0 Å². The number of thioether (sulfide) groups is 1. The highest BCUT2D eigenvalue weighted by Gasteiger charge is 2.18. The first-order chi connectivity index (χ1) is 9.20. The summed E-state index contributed by atoms with van der Waals surface area (Å²) in [7, 11) is 0. The standard InChI is InChI=1S/C14H20Cl2N2S/c15-10-6-7-13(16)12(8-10)14(18-17)9-19-11-4-2-1-3-5-11/h6-8,11,14,18H,1-5,9,17H2. The van der Waals surface area contributed by atoms with Crippen LogP contribution in [-0.4, -0.2) is 11.0 Å². The minimum atomic E-state index is 0.0538. The molecule has 0 heterocycles. The fraction of sp³-hybridized carbons (Fsp3) is 0.571. The lowest BCUT2D eigenvalue weighted by Crippen LogP contribution is -2.30. The average molecular weight is 319 g/mol. The summed E-state index contributed by atoms with van der Waals surface area (Å²) in [6.07, 6.45) is 6.75. The van der Waals surface area contributed by atoms with Crippen LogP contribution in [0.1, 0.15) is 43.7 Å². The van der Waals surface area contributed by atoms with E-state index in [2.05, 4.69) is 5.43 Å². The largest absolute Gasteiger partial charge is 0.271 e. The fourth-order valence-electron chi connectivity index (χ4n) is 2.47. The Labute approximate surface area is 129 Å². The zero-order valence-electron chi connectivity index (χ0n) is 10.9. The molecule has 1 aliphatic carbocycles. The molecule has 0 radical (unpaired) electrons. The molecule has 19 heavy (non-hydrogen) atoms. The quantitative estimate of drug-likeness (QED) is 0.617. The molecule has 2 rings (SSSR count). The van der Waals surface area contributed by atoms with Gasteiger partial charge in [-0.2, -0.15) is 11.8 Å². The second kappa shape index (κ2) is 7.75. The van der Waals surface area contributed by atoms with Crippen molar-refractivity contribution in [2.75, 3.05) is 5.75 Å². The molecule has 1 aromatic rings. The minimum absolute atomic E-state index is 0.0538. The number of benzene rings is 1. The molecule has 0 aromatic heterocycles. The van der Waals surface area contributed by atoms with Gasteiger partial charge in [0.1, 0.15) is 0 Å². The third kappa shape index (κ3) is 4.54. The number of hydrazine groups is 1. The number of hydrogen-bond acceptors (Lipinski definition) is 3. The van der Waals surface area contributed by atoms with E-state index in [1.165, 1.54) is 32.1 Å².